The number of hydrogen-bond donors (Lipinski definition) is 2. The summed E-state index contributed by atoms with van der Waals surface area (Å²) in [5.74, 6) is 1.59. The summed E-state index contributed by atoms with van der Waals surface area (Å²) < 4.78 is 10.6. The summed E-state index contributed by atoms with van der Waals surface area (Å²) in [4.78, 5) is 20.9. The van der Waals surface area contributed by atoms with Gasteiger partial charge in [-0.05, 0) is 30.7 Å². The molecule has 1 heterocycles. The Bertz CT molecular complexity index is 958. The van der Waals surface area contributed by atoms with Gasteiger partial charge in [-0.25, -0.2) is 9.97 Å². The van der Waals surface area contributed by atoms with Gasteiger partial charge in [0.25, 0.3) is 5.91 Å². The Morgan fingerprint density at radius 1 is 1.00 bits per heavy atom. The molecule has 7 heteroatoms. The SMILES string of the molecule is COc1ccccc1CNc1cnc(C(=O)Nc2cc(C)ccc2OC)cn1. The molecule has 3 aromatic rings. The molecular formula is C21H22N4O3. The highest BCUT2D eigenvalue weighted by Gasteiger charge is 2.12. The smallest absolute Gasteiger partial charge is 0.275 e. The van der Waals surface area contributed by atoms with Crippen LogP contribution in [0.3, 0.4) is 0 Å². The number of amides is 1. The van der Waals surface area contributed by atoms with Gasteiger partial charge in [0, 0.05) is 12.1 Å². The van der Waals surface area contributed by atoms with E-state index in [4.69, 9.17) is 9.47 Å². The summed E-state index contributed by atoms with van der Waals surface area (Å²) in [6, 6.07) is 13.3. The van der Waals surface area contributed by atoms with Crippen molar-refractivity contribution < 1.29 is 14.3 Å². The van der Waals surface area contributed by atoms with Crippen LogP contribution in [0.1, 0.15) is 21.6 Å². The Hall–Kier alpha value is -3.61. The van der Waals surface area contributed by atoms with Crippen LogP contribution in [0.5, 0.6) is 11.5 Å². The fourth-order valence-corrected chi connectivity index (χ4v) is 2.68. The van der Waals surface area contributed by atoms with Crippen molar-refractivity contribution in [2.24, 2.45) is 0 Å². The third-order valence-electron chi connectivity index (χ3n) is 4.14. The molecule has 0 radical (unpaired) electrons. The molecule has 0 aliphatic rings. The first-order valence-corrected chi connectivity index (χ1v) is 8.74. The van der Waals surface area contributed by atoms with E-state index in [-0.39, 0.29) is 11.6 Å². The number of rotatable bonds is 7. The second-order valence-electron chi connectivity index (χ2n) is 6.11. The van der Waals surface area contributed by atoms with Crippen molar-refractivity contribution in [1.82, 2.24) is 9.97 Å². The summed E-state index contributed by atoms with van der Waals surface area (Å²) in [5, 5.41) is 5.98. The average molecular weight is 378 g/mol. The second kappa shape index (κ2) is 8.85. The molecule has 28 heavy (non-hydrogen) atoms. The third-order valence-corrected chi connectivity index (χ3v) is 4.14. The topological polar surface area (TPSA) is 85.4 Å². The van der Waals surface area contributed by atoms with Gasteiger partial charge in [0.15, 0.2) is 0 Å². The van der Waals surface area contributed by atoms with Gasteiger partial charge in [-0.2, -0.15) is 0 Å². The van der Waals surface area contributed by atoms with Crippen LogP contribution in [-0.4, -0.2) is 30.1 Å². The van der Waals surface area contributed by atoms with Gasteiger partial charge in [0.05, 0.1) is 32.3 Å². The maximum atomic E-state index is 12.5. The van der Waals surface area contributed by atoms with Gasteiger partial charge in [-0.15, -0.1) is 0 Å². The zero-order valence-electron chi connectivity index (χ0n) is 16.0. The predicted octanol–water partition coefficient (Wildman–Crippen LogP) is 3.67. The lowest BCUT2D eigenvalue weighted by Crippen LogP contribution is -2.15. The molecule has 3 rings (SSSR count). The Morgan fingerprint density at radius 2 is 1.79 bits per heavy atom. The lowest BCUT2D eigenvalue weighted by Gasteiger charge is -2.11. The Morgan fingerprint density at radius 3 is 2.50 bits per heavy atom. The van der Waals surface area contributed by atoms with E-state index in [2.05, 4.69) is 20.6 Å². The monoisotopic (exact) mass is 378 g/mol. The van der Waals surface area contributed by atoms with E-state index in [0.717, 1.165) is 16.9 Å². The fourth-order valence-electron chi connectivity index (χ4n) is 2.68. The van der Waals surface area contributed by atoms with Crippen LogP contribution in [0, 0.1) is 6.92 Å². The van der Waals surface area contributed by atoms with Crippen molar-refractivity contribution in [3.8, 4) is 11.5 Å². The van der Waals surface area contributed by atoms with Crippen molar-refractivity contribution in [1.29, 1.82) is 0 Å². The minimum Gasteiger partial charge on any atom is -0.496 e. The fraction of sp³-hybridized carbons (Fsp3) is 0.190. The lowest BCUT2D eigenvalue weighted by molar-refractivity contribution is 0.102. The largest absolute Gasteiger partial charge is 0.496 e. The number of anilines is 2. The van der Waals surface area contributed by atoms with Crippen LogP contribution in [-0.2, 0) is 6.54 Å². The molecular weight excluding hydrogens is 356 g/mol. The van der Waals surface area contributed by atoms with Crippen molar-refractivity contribution >= 4 is 17.4 Å². The molecule has 7 nitrogen and oxygen atoms in total. The number of benzene rings is 2. The molecule has 0 fully saturated rings. The number of methoxy groups -OCH3 is 2. The maximum absolute atomic E-state index is 12.5. The molecule has 0 saturated heterocycles. The van der Waals surface area contributed by atoms with Crippen molar-refractivity contribution in [3.05, 3.63) is 71.7 Å². The predicted molar refractivity (Wildman–Crippen MR) is 108 cm³/mol. The van der Waals surface area contributed by atoms with Crippen LogP contribution in [0.4, 0.5) is 11.5 Å². The number of carbonyl (C=O) groups is 1. The molecule has 144 valence electrons. The van der Waals surface area contributed by atoms with Gasteiger partial charge in [0.1, 0.15) is 23.0 Å². The summed E-state index contributed by atoms with van der Waals surface area (Å²) in [6.45, 7) is 2.47. The van der Waals surface area contributed by atoms with E-state index in [1.54, 1.807) is 14.2 Å². The summed E-state index contributed by atoms with van der Waals surface area (Å²) in [7, 11) is 3.19. The molecule has 1 amide bonds. The zero-order chi connectivity index (χ0) is 19.9. The number of aromatic nitrogens is 2. The van der Waals surface area contributed by atoms with Crippen molar-refractivity contribution in [2.75, 3.05) is 24.9 Å². The standard InChI is InChI=1S/C21H22N4O3/c1-14-8-9-19(28-3)16(10-14)25-21(26)17-12-24-20(13-22-17)23-11-15-6-4-5-7-18(15)27-2/h4-10,12-13H,11H2,1-3H3,(H,23,24)(H,25,26). The van der Waals surface area contributed by atoms with Crippen LogP contribution >= 0.6 is 0 Å². The minimum absolute atomic E-state index is 0.214. The molecule has 0 unspecified atom stereocenters. The maximum Gasteiger partial charge on any atom is 0.275 e. The van der Waals surface area contributed by atoms with Crippen LogP contribution in [0.15, 0.2) is 54.9 Å². The Balaban J connectivity index is 1.65. The third kappa shape index (κ3) is 4.56. The first-order chi connectivity index (χ1) is 13.6. The average Bonchev–Trinajstić information content (AvgIpc) is 2.73. The van der Waals surface area contributed by atoms with Gasteiger partial charge < -0.3 is 20.1 Å². The number of carbonyl (C=O) groups excluding carboxylic acids is 1. The van der Waals surface area contributed by atoms with E-state index in [9.17, 15) is 4.79 Å². The molecule has 2 aromatic carbocycles. The molecule has 0 bridgehead atoms. The molecule has 0 aliphatic heterocycles. The summed E-state index contributed by atoms with van der Waals surface area (Å²) >= 11 is 0. The first-order valence-electron chi connectivity index (χ1n) is 8.74. The molecule has 0 atom stereocenters. The minimum atomic E-state index is -0.354. The number of hydrogen-bond acceptors (Lipinski definition) is 6. The highest BCUT2D eigenvalue weighted by molar-refractivity contribution is 6.03. The quantitative estimate of drug-likeness (QED) is 0.653. The number of ether oxygens (including phenoxy) is 2. The van der Waals surface area contributed by atoms with E-state index in [0.29, 0.717) is 23.8 Å². The summed E-state index contributed by atoms with van der Waals surface area (Å²) in [5.41, 5.74) is 2.82. The first kappa shape index (κ1) is 19.2. The Kier molecular flexibility index (Phi) is 6.06. The van der Waals surface area contributed by atoms with Crippen LogP contribution in [0.2, 0.25) is 0 Å². The second-order valence-corrected chi connectivity index (χ2v) is 6.11. The van der Waals surface area contributed by atoms with E-state index >= 15 is 0 Å². The van der Waals surface area contributed by atoms with E-state index < -0.39 is 0 Å². The molecule has 0 spiro atoms. The van der Waals surface area contributed by atoms with E-state index in [1.807, 2.05) is 49.4 Å². The highest BCUT2D eigenvalue weighted by Crippen LogP contribution is 2.25. The van der Waals surface area contributed by atoms with E-state index in [1.165, 1.54) is 12.4 Å². The van der Waals surface area contributed by atoms with Gasteiger partial charge in [0.2, 0.25) is 0 Å². The Labute approximate surface area is 163 Å². The molecule has 2 N–H and O–H groups in total. The highest BCUT2D eigenvalue weighted by atomic mass is 16.5. The summed E-state index contributed by atoms with van der Waals surface area (Å²) in [6.07, 6.45) is 2.96. The van der Waals surface area contributed by atoms with Gasteiger partial charge in [-0.3, -0.25) is 4.79 Å². The molecule has 1 aromatic heterocycles. The van der Waals surface area contributed by atoms with Gasteiger partial charge >= 0.3 is 0 Å². The molecule has 0 saturated carbocycles. The number of aryl methyl sites for hydroxylation is 1. The number of nitrogens with zero attached hydrogens (tertiary/aromatic N) is 2. The van der Waals surface area contributed by atoms with Crippen LogP contribution in [0.25, 0.3) is 0 Å². The van der Waals surface area contributed by atoms with Crippen LogP contribution < -0.4 is 20.1 Å². The zero-order valence-corrected chi connectivity index (χ0v) is 16.0. The number of para-hydroxylation sites is 1. The molecule has 0 aliphatic carbocycles. The van der Waals surface area contributed by atoms with Crippen molar-refractivity contribution in [2.45, 2.75) is 13.5 Å². The number of nitrogens with one attached hydrogen (secondary N) is 2. The van der Waals surface area contributed by atoms with Gasteiger partial charge in [-0.1, -0.05) is 24.3 Å². The normalized spacial score (nSPS) is 10.2. The lowest BCUT2D eigenvalue weighted by atomic mass is 10.2. The van der Waals surface area contributed by atoms with Crippen molar-refractivity contribution in [3.63, 3.8) is 0 Å².